The van der Waals surface area contributed by atoms with Crippen LogP contribution in [0.5, 0.6) is 0 Å². The third kappa shape index (κ3) is 3.12. The molecular weight excluding hydrogens is 410 g/mol. The van der Waals surface area contributed by atoms with Crippen LogP contribution in [0.15, 0.2) is 91.0 Å². The van der Waals surface area contributed by atoms with Crippen molar-refractivity contribution in [2.75, 3.05) is 0 Å². The summed E-state index contributed by atoms with van der Waals surface area (Å²) in [7, 11) is 0. The van der Waals surface area contributed by atoms with Gasteiger partial charge < -0.3 is 0 Å². The zero-order chi connectivity index (χ0) is 23.4. The lowest BCUT2D eigenvalue weighted by atomic mass is 9.85. The molecule has 164 valence electrons. The maximum atomic E-state index is 9.37. The van der Waals surface area contributed by atoms with Crippen molar-refractivity contribution in [2.45, 2.75) is 27.2 Å². The average molecular weight is 438 g/mol. The van der Waals surface area contributed by atoms with Crippen molar-refractivity contribution in [3.8, 4) is 22.3 Å². The Labute approximate surface area is 201 Å². The van der Waals surface area contributed by atoms with E-state index in [0.29, 0.717) is 5.71 Å². The molecule has 0 amide bonds. The highest BCUT2D eigenvalue weighted by atomic mass is 14.4. The summed E-state index contributed by atoms with van der Waals surface area (Å²) in [6.45, 7) is 6.44. The first-order chi connectivity index (χ1) is 16.5. The zero-order valence-corrected chi connectivity index (χ0v) is 19.9. The number of fused-ring (bicyclic) bond motifs is 4. The van der Waals surface area contributed by atoms with E-state index in [4.69, 9.17) is 0 Å². The van der Waals surface area contributed by atoms with Crippen LogP contribution >= 0.6 is 0 Å². The minimum absolute atomic E-state index is 0.592. The molecule has 34 heavy (non-hydrogen) atoms. The molecule has 5 aromatic carbocycles. The van der Waals surface area contributed by atoms with Crippen LogP contribution in [0.25, 0.3) is 33.0 Å². The predicted octanol–water partition coefficient (Wildman–Crippen LogP) is 8.42. The second-order valence-electron chi connectivity index (χ2n) is 9.47. The number of aryl methyl sites for hydroxylation is 1. The first kappa shape index (κ1) is 20.6. The Balaban J connectivity index is 1.61. The van der Waals surface area contributed by atoms with Gasteiger partial charge in [0.2, 0.25) is 0 Å². The second-order valence-corrected chi connectivity index (χ2v) is 9.47. The molecule has 1 nitrogen and oxygen atoms in total. The smallest absolute Gasteiger partial charge is 0.0693 e. The van der Waals surface area contributed by atoms with E-state index in [2.05, 4.69) is 112 Å². The van der Waals surface area contributed by atoms with Gasteiger partial charge in [-0.1, -0.05) is 78.9 Å². The number of rotatable bonds is 3. The topological polar surface area (TPSA) is 23.9 Å². The molecule has 1 aliphatic carbocycles. The van der Waals surface area contributed by atoms with E-state index in [1.807, 2.05) is 0 Å². The highest BCUT2D eigenvalue weighted by Crippen LogP contribution is 2.43. The lowest BCUT2D eigenvalue weighted by Gasteiger charge is -2.18. The van der Waals surface area contributed by atoms with Crippen LogP contribution in [-0.4, -0.2) is 5.71 Å². The molecule has 5 aromatic rings. The third-order valence-electron chi connectivity index (χ3n) is 7.62. The molecule has 0 saturated carbocycles. The number of benzene rings is 5. The minimum Gasteiger partial charge on any atom is -0.300 e. The van der Waals surface area contributed by atoms with E-state index in [-0.39, 0.29) is 0 Å². The van der Waals surface area contributed by atoms with Crippen molar-refractivity contribution in [3.63, 3.8) is 0 Å². The Hall–Kier alpha value is -3.97. The van der Waals surface area contributed by atoms with Crippen molar-refractivity contribution in [2.24, 2.45) is 0 Å². The summed E-state index contributed by atoms with van der Waals surface area (Å²) in [6.07, 6.45) is 0.934. The van der Waals surface area contributed by atoms with Crippen LogP contribution in [0, 0.1) is 26.2 Å². The van der Waals surface area contributed by atoms with Crippen molar-refractivity contribution < 1.29 is 0 Å². The first-order valence-electron chi connectivity index (χ1n) is 11.9. The number of hydrogen-bond acceptors (Lipinski definition) is 1. The molecule has 0 fully saturated rings. The first-order valence-corrected chi connectivity index (χ1v) is 11.9. The van der Waals surface area contributed by atoms with Gasteiger partial charge in [-0.25, -0.2) is 0 Å². The van der Waals surface area contributed by atoms with Gasteiger partial charge in [0.05, 0.1) is 5.71 Å². The zero-order valence-electron chi connectivity index (χ0n) is 19.9. The summed E-state index contributed by atoms with van der Waals surface area (Å²) >= 11 is 0. The summed E-state index contributed by atoms with van der Waals surface area (Å²) < 4.78 is 0. The van der Waals surface area contributed by atoms with Crippen molar-refractivity contribution in [3.05, 3.63) is 130 Å². The fourth-order valence-electron chi connectivity index (χ4n) is 5.45. The van der Waals surface area contributed by atoms with Crippen LogP contribution in [0.2, 0.25) is 0 Å². The summed E-state index contributed by atoms with van der Waals surface area (Å²) in [6, 6.07) is 32.6. The summed E-state index contributed by atoms with van der Waals surface area (Å²) in [5, 5.41) is 11.7. The van der Waals surface area contributed by atoms with E-state index in [1.54, 1.807) is 0 Å². The van der Waals surface area contributed by atoms with Gasteiger partial charge in [0, 0.05) is 11.1 Å². The largest absolute Gasteiger partial charge is 0.300 e. The monoisotopic (exact) mass is 437 g/mol. The Bertz CT molecular complexity index is 1620. The van der Waals surface area contributed by atoms with Gasteiger partial charge >= 0.3 is 0 Å². The quantitative estimate of drug-likeness (QED) is 0.269. The Morgan fingerprint density at radius 3 is 2.03 bits per heavy atom. The fraction of sp³-hybridized carbons (Fsp3) is 0.121. The van der Waals surface area contributed by atoms with Crippen LogP contribution in [0.3, 0.4) is 0 Å². The minimum atomic E-state index is 0.592. The SMILES string of the molecule is Cc1ccc(C(=N)c2cc3ccccc3cc2-c2cccc3c2Cc2ccccc2-3)c(C)c1C. The third-order valence-corrected chi connectivity index (χ3v) is 7.62. The van der Waals surface area contributed by atoms with Gasteiger partial charge in [0.25, 0.3) is 0 Å². The van der Waals surface area contributed by atoms with Crippen molar-refractivity contribution in [1.29, 1.82) is 5.41 Å². The van der Waals surface area contributed by atoms with E-state index in [1.165, 1.54) is 55.3 Å². The summed E-state index contributed by atoms with van der Waals surface area (Å²) in [4.78, 5) is 0. The van der Waals surface area contributed by atoms with Gasteiger partial charge in [0.1, 0.15) is 0 Å². The Kier molecular flexibility index (Phi) is 4.74. The molecule has 0 bridgehead atoms. The van der Waals surface area contributed by atoms with Gasteiger partial charge in [-0.05, 0) is 100 Å². The molecule has 0 radical (unpaired) electrons. The van der Waals surface area contributed by atoms with Crippen molar-refractivity contribution >= 4 is 16.5 Å². The molecule has 1 aliphatic rings. The fourth-order valence-corrected chi connectivity index (χ4v) is 5.45. The van der Waals surface area contributed by atoms with Crippen LogP contribution in [0.1, 0.15) is 38.9 Å². The Morgan fingerprint density at radius 2 is 1.24 bits per heavy atom. The molecule has 0 aromatic heterocycles. The second kappa shape index (κ2) is 7.81. The highest BCUT2D eigenvalue weighted by molar-refractivity contribution is 6.17. The molecular formula is C33H27N. The van der Waals surface area contributed by atoms with E-state index < -0.39 is 0 Å². The van der Waals surface area contributed by atoms with Crippen molar-refractivity contribution in [1.82, 2.24) is 0 Å². The molecule has 0 spiro atoms. The van der Waals surface area contributed by atoms with E-state index in [0.717, 1.165) is 23.1 Å². The molecule has 0 heterocycles. The van der Waals surface area contributed by atoms with E-state index in [9.17, 15) is 5.41 Å². The summed E-state index contributed by atoms with van der Waals surface area (Å²) in [5.74, 6) is 0. The molecule has 0 saturated heterocycles. The lowest BCUT2D eigenvalue weighted by Crippen LogP contribution is -2.08. The lowest BCUT2D eigenvalue weighted by molar-refractivity contribution is 1.25. The molecule has 0 aliphatic heterocycles. The van der Waals surface area contributed by atoms with Gasteiger partial charge in [-0.3, -0.25) is 5.41 Å². The number of hydrogen-bond donors (Lipinski definition) is 1. The molecule has 0 unspecified atom stereocenters. The predicted molar refractivity (Wildman–Crippen MR) is 144 cm³/mol. The van der Waals surface area contributed by atoms with Gasteiger partial charge in [0.15, 0.2) is 0 Å². The van der Waals surface area contributed by atoms with Gasteiger partial charge in [-0.2, -0.15) is 0 Å². The highest BCUT2D eigenvalue weighted by Gasteiger charge is 2.24. The number of nitrogens with one attached hydrogen (secondary N) is 1. The molecule has 6 rings (SSSR count). The Morgan fingerprint density at radius 1 is 0.588 bits per heavy atom. The maximum Gasteiger partial charge on any atom is 0.0693 e. The summed E-state index contributed by atoms with van der Waals surface area (Å²) in [5.41, 5.74) is 14.1. The molecule has 1 N–H and O–H groups in total. The normalized spacial score (nSPS) is 12.0. The average Bonchev–Trinajstić information content (AvgIpc) is 3.25. The van der Waals surface area contributed by atoms with Crippen LogP contribution in [-0.2, 0) is 6.42 Å². The van der Waals surface area contributed by atoms with Crippen LogP contribution < -0.4 is 0 Å². The van der Waals surface area contributed by atoms with E-state index >= 15 is 0 Å². The van der Waals surface area contributed by atoms with Gasteiger partial charge in [-0.15, -0.1) is 0 Å². The maximum absolute atomic E-state index is 9.37. The standard InChI is InChI=1S/C33H27N/c1-20-15-16-26(22(3)21(20)2)33(34)32-18-24-10-5-4-9-23(24)17-31(32)29-14-8-13-28-27-12-7-6-11-25(27)19-30(28)29/h4-18,34H,19H2,1-3H3. The van der Waals surface area contributed by atoms with Crippen LogP contribution in [0.4, 0.5) is 0 Å². The molecule has 0 atom stereocenters. The molecule has 1 heteroatoms.